The summed E-state index contributed by atoms with van der Waals surface area (Å²) in [6.07, 6.45) is 0.888. The van der Waals surface area contributed by atoms with Crippen molar-refractivity contribution < 1.29 is 19.5 Å². The first-order chi connectivity index (χ1) is 7.41. The first kappa shape index (κ1) is 14.9. The molecule has 0 saturated heterocycles. The van der Waals surface area contributed by atoms with E-state index in [-0.39, 0.29) is 23.9 Å². The van der Waals surface area contributed by atoms with Crippen LogP contribution in [0.1, 0.15) is 19.3 Å². The first-order valence-electron chi connectivity index (χ1n) is 4.46. The third-order valence-corrected chi connectivity index (χ3v) is 1.71. The second-order valence-corrected chi connectivity index (χ2v) is 3.93. The monoisotopic (exact) mass is 267 g/mol. The Morgan fingerprint density at radius 2 is 1.88 bits per heavy atom. The number of nitrogens with one attached hydrogen (secondary N) is 1. The van der Waals surface area contributed by atoms with Crippen LogP contribution in [0.15, 0.2) is 10.6 Å². The molecule has 0 aliphatic heterocycles. The number of halogens is 2. The summed E-state index contributed by atoms with van der Waals surface area (Å²) in [6, 6.07) is 0. The van der Waals surface area contributed by atoms with E-state index in [1.165, 1.54) is 0 Å². The van der Waals surface area contributed by atoms with Crippen LogP contribution in [0.4, 0.5) is 0 Å². The highest BCUT2D eigenvalue weighted by atomic mass is 35.5. The van der Waals surface area contributed by atoms with Crippen LogP contribution in [0.3, 0.4) is 0 Å². The molecule has 0 spiro atoms. The fourth-order valence-corrected chi connectivity index (χ4v) is 1.10. The number of amides is 1. The van der Waals surface area contributed by atoms with E-state index < -0.39 is 17.7 Å². The Hall–Kier alpha value is -1.07. The number of ketones is 1. The van der Waals surface area contributed by atoms with E-state index >= 15 is 0 Å². The molecule has 0 atom stereocenters. The lowest BCUT2D eigenvalue weighted by atomic mass is 10.2. The van der Waals surface area contributed by atoms with Gasteiger partial charge in [0.1, 0.15) is 4.49 Å². The van der Waals surface area contributed by atoms with Gasteiger partial charge in [0.05, 0.1) is 6.42 Å². The Bertz CT molecular complexity index is 311. The molecule has 2 N–H and O–H groups in total. The molecule has 0 aliphatic rings. The Kier molecular flexibility index (Phi) is 7.58. The molecule has 0 aliphatic carbocycles. The quantitative estimate of drug-likeness (QED) is 0.413. The number of carbonyl (C=O) groups excluding carboxylic acids is 2. The average Bonchev–Trinajstić information content (AvgIpc) is 2.10. The van der Waals surface area contributed by atoms with Crippen LogP contribution in [0.2, 0.25) is 0 Å². The largest absolute Gasteiger partial charge is 0.481 e. The predicted molar refractivity (Wildman–Crippen MR) is 59.3 cm³/mol. The lowest BCUT2D eigenvalue weighted by Crippen LogP contribution is -2.26. The van der Waals surface area contributed by atoms with Gasteiger partial charge >= 0.3 is 5.97 Å². The Morgan fingerprint density at radius 3 is 2.38 bits per heavy atom. The third kappa shape index (κ3) is 9.48. The summed E-state index contributed by atoms with van der Waals surface area (Å²) in [4.78, 5) is 32.2. The zero-order chi connectivity index (χ0) is 12.6. The number of allylic oxidation sites excluding steroid dienone is 1. The molecule has 0 aromatic carbocycles. The van der Waals surface area contributed by atoms with Crippen molar-refractivity contribution in [2.45, 2.75) is 19.3 Å². The zero-order valence-electron chi connectivity index (χ0n) is 8.33. The van der Waals surface area contributed by atoms with Gasteiger partial charge in [0, 0.05) is 19.0 Å². The number of aliphatic carboxylic acids is 1. The van der Waals surface area contributed by atoms with Crippen LogP contribution >= 0.6 is 23.2 Å². The van der Waals surface area contributed by atoms with Gasteiger partial charge in [0.15, 0.2) is 5.78 Å². The molecular formula is C9H11Cl2NO4. The summed E-state index contributed by atoms with van der Waals surface area (Å²) < 4.78 is -0.205. The van der Waals surface area contributed by atoms with Gasteiger partial charge in [-0.2, -0.15) is 0 Å². The molecule has 0 saturated carbocycles. The van der Waals surface area contributed by atoms with Gasteiger partial charge in [-0.3, -0.25) is 14.4 Å². The maximum Gasteiger partial charge on any atom is 0.303 e. The van der Waals surface area contributed by atoms with Crippen LogP contribution in [-0.4, -0.2) is 29.3 Å². The van der Waals surface area contributed by atoms with Crippen LogP contribution < -0.4 is 5.32 Å². The number of carbonyl (C=O) groups is 3. The van der Waals surface area contributed by atoms with Crippen LogP contribution in [-0.2, 0) is 14.4 Å². The van der Waals surface area contributed by atoms with E-state index in [9.17, 15) is 14.4 Å². The molecule has 0 radical (unpaired) electrons. The van der Waals surface area contributed by atoms with Crippen molar-refractivity contribution in [1.82, 2.24) is 5.32 Å². The number of hydrogen-bond donors (Lipinski definition) is 2. The molecule has 0 rings (SSSR count). The minimum absolute atomic E-state index is 0.0262. The SMILES string of the molecule is O=C(O)CCCNC(=O)CC(=O)C=C(Cl)Cl. The average molecular weight is 268 g/mol. The van der Waals surface area contributed by atoms with Gasteiger partial charge in [0.2, 0.25) is 5.91 Å². The fraction of sp³-hybridized carbons (Fsp3) is 0.444. The highest BCUT2D eigenvalue weighted by Crippen LogP contribution is 2.06. The summed E-state index contributed by atoms with van der Waals surface area (Å²) in [5, 5.41) is 10.7. The van der Waals surface area contributed by atoms with Crippen molar-refractivity contribution in [2.24, 2.45) is 0 Å². The number of carboxylic acids is 1. The van der Waals surface area contributed by atoms with E-state index in [1.807, 2.05) is 0 Å². The van der Waals surface area contributed by atoms with Crippen molar-refractivity contribution in [3.63, 3.8) is 0 Å². The van der Waals surface area contributed by atoms with Gasteiger partial charge < -0.3 is 10.4 Å². The van der Waals surface area contributed by atoms with Crippen molar-refractivity contribution in [2.75, 3.05) is 6.54 Å². The summed E-state index contributed by atoms with van der Waals surface area (Å²) in [6.45, 7) is 0.219. The number of carboxylic acid groups (broad SMARTS) is 1. The smallest absolute Gasteiger partial charge is 0.303 e. The second kappa shape index (κ2) is 8.13. The van der Waals surface area contributed by atoms with Crippen molar-refractivity contribution in [3.05, 3.63) is 10.6 Å². The predicted octanol–water partition coefficient (Wildman–Crippen LogP) is 1.25. The molecule has 0 fully saturated rings. The van der Waals surface area contributed by atoms with Crippen molar-refractivity contribution in [1.29, 1.82) is 0 Å². The van der Waals surface area contributed by atoms with Crippen molar-refractivity contribution >= 4 is 40.9 Å². The molecule has 0 bridgehead atoms. The van der Waals surface area contributed by atoms with Gasteiger partial charge in [-0.05, 0) is 6.42 Å². The Balaban J connectivity index is 3.71. The molecule has 0 aromatic heterocycles. The number of hydrogen-bond acceptors (Lipinski definition) is 3. The molecule has 0 heterocycles. The maximum atomic E-state index is 11.1. The minimum Gasteiger partial charge on any atom is -0.481 e. The van der Waals surface area contributed by atoms with E-state index in [0.717, 1.165) is 6.08 Å². The molecule has 1 amide bonds. The van der Waals surface area contributed by atoms with Crippen LogP contribution in [0.5, 0.6) is 0 Å². The Morgan fingerprint density at radius 1 is 1.25 bits per heavy atom. The highest BCUT2D eigenvalue weighted by Gasteiger charge is 2.07. The van der Waals surface area contributed by atoms with E-state index in [1.54, 1.807) is 0 Å². The molecular weight excluding hydrogens is 257 g/mol. The van der Waals surface area contributed by atoms with Gasteiger partial charge in [-0.15, -0.1) is 0 Å². The standard InChI is InChI=1S/C9H11Cl2NO4/c10-7(11)4-6(13)5-8(14)12-3-1-2-9(15)16/h4H,1-3,5H2,(H,12,14)(H,15,16). The molecule has 0 unspecified atom stereocenters. The summed E-state index contributed by atoms with van der Waals surface area (Å²) in [7, 11) is 0. The minimum atomic E-state index is -0.929. The summed E-state index contributed by atoms with van der Waals surface area (Å²) >= 11 is 10.5. The van der Waals surface area contributed by atoms with E-state index in [0.29, 0.717) is 6.42 Å². The zero-order valence-corrected chi connectivity index (χ0v) is 9.85. The lowest BCUT2D eigenvalue weighted by molar-refractivity contribution is -0.137. The second-order valence-electron chi connectivity index (χ2n) is 2.92. The van der Waals surface area contributed by atoms with Crippen molar-refractivity contribution in [3.8, 4) is 0 Å². The number of rotatable bonds is 7. The molecule has 5 nitrogen and oxygen atoms in total. The first-order valence-corrected chi connectivity index (χ1v) is 5.21. The summed E-state index contributed by atoms with van der Waals surface area (Å²) in [5.74, 6) is -1.92. The lowest BCUT2D eigenvalue weighted by Gasteiger charge is -2.01. The van der Waals surface area contributed by atoms with Crippen LogP contribution in [0, 0.1) is 0 Å². The van der Waals surface area contributed by atoms with Gasteiger partial charge in [-0.1, -0.05) is 23.2 Å². The molecule has 7 heteroatoms. The normalized spacial score (nSPS) is 9.38. The topological polar surface area (TPSA) is 83.5 Å². The molecule has 90 valence electrons. The third-order valence-electron chi connectivity index (χ3n) is 1.49. The maximum absolute atomic E-state index is 11.1. The summed E-state index contributed by atoms with van der Waals surface area (Å²) in [5.41, 5.74) is 0. The van der Waals surface area contributed by atoms with Gasteiger partial charge in [-0.25, -0.2) is 0 Å². The fourth-order valence-electron chi connectivity index (χ4n) is 0.861. The van der Waals surface area contributed by atoms with Crippen LogP contribution in [0.25, 0.3) is 0 Å². The van der Waals surface area contributed by atoms with Gasteiger partial charge in [0.25, 0.3) is 0 Å². The molecule has 16 heavy (non-hydrogen) atoms. The Labute approximate surface area is 102 Å². The van der Waals surface area contributed by atoms with E-state index in [4.69, 9.17) is 28.3 Å². The highest BCUT2D eigenvalue weighted by molar-refractivity contribution is 6.56. The molecule has 0 aromatic rings. The van der Waals surface area contributed by atoms with E-state index in [2.05, 4.69) is 5.32 Å².